The minimum absolute atomic E-state index is 0.0648. The van der Waals surface area contributed by atoms with Crippen LogP contribution < -0.4 is 16.0 Å². The standard InChI is InChI=1S/C17H16BrN5O3S/c1-10-21-22-16(27-10)12-4-2-11(3-5-12)13(19)8-26-15-14(18)17(25)23(6-7-24)9-20-15/h2-5,7,9,13H,6,8,19H2,1H3. The molecule has 0 saturated carbocycles. The highest BCUT2D eigenvalue weighted by Gasteiger charge is 2.14. The van der Waals surface area contributed by atoms with Crippen LogP contribution in [-0.4, -0.2) is 32.6 Å². The van der Waals surface area contributed by atoms with E-state index in [9.17, 15) is 9.59 Å². The monoisotopic (exact) mass is 449 g/mol. The molecule has 1 unspecified atom stereocenters. The lowest BCUT2D eigenvalue weighted by Gasteiger charge is -2.14. The molecule has 8 nitrogen and oxygen atoms in total. The Bertz CT molecular complexity index is 1000. The summed E-state index contributed by atoms with van der Waals surface area (Å²) in [7, 11) is 0. The van der Waals surface area contributed by atoms with Gasteiger partial charge in [-0.05, 0) is 28.4 Å². The van der Waals surface area contributed by atoms with Crippen molar-refractivity contribution in [3.05, 3.63) is 56.0 Å². The predicted molar refractivity (Wildman–Crippen MR) is 105 cm³/mol. The zero-order valence-electron chi connectivity index (χ0n) is 14.3. The number of aldehydes is 1. The molecule has 0 aliphatic heterocycles. The summed E-state index contributed by atoms with van der Waals surface area (Å²) in [5, 5.41) is 9.90. The van der Waals surface area contributed by atoms with Gasteiger partial charge in [0.15, 0.2) is 0 Å². The second-order valence-electron chi connectivity index (χ2n) is 5.65. The summed E-state index contributed by atoms with van der Waals surface area (Å²) >= 11 is 4.68. The highest BCUT2D eigenvalue weighted by Crippen LogP contribution is 2.25. The molecule has 3 rings (SSSR count). The van der Waals surface area contributed by atoms with Crippen molar-refractivity contribution in [2.24, 2.45) is 5.73 Å². The van der Waals surface area contributed by atoms with Crippen LogP contribution >= 0.6 is 27.3 Å². The molecule has 0 bridgehead atoms. The van der Waals surface area contributed by atoms with Crippen molar-refractivity contribution in [1.82, 2.24) is 19.7 Å². The molecular formula is C17H16BrN5O3S. The van der Waals surface area contributed by atoms with Gasteiger partial charge in [-0.3, -0.25) is 9.36 Å². The first kappa shape index (κ1) is 19.3. The molecule has 2 heterocycles. The quantitative estimate of drug-likeness (QED) is 0.549. The predicted octanol–water partition coefficient (Wildman–Crippen LogP) is 2.11. The van der Waals surface area contributed by atoms with E-state index in [1.807, 2.05) is 31.2 Å². The average Bonchev–Trinajstić information content (AvgIpc) is 3.11. The van der Waals surface area contributed by atoms with Crippen LogP contribution in [0, 0.1) is 6.92 Å². The van der Waals surface area contributed by atoms with Gasteiger partial charge in [0, 0.05) is 5.56 Å². The lowest BCUT2D eigenvalue weighted by Crippen LogP contribution is -2.24. The second kappa shape index (κ2) is 8.51. The highest BCUT2D eigenvalue weighted by atomic mass is 79.9. The maximum atomic E-state index is 12.1. The minimum Gasteiger partial charge on any atom is -0.475 e. The van der Waals surface area contributed by atoms with Gasteiger partial charge < -0.3 is 15.3 Å². The highest BCUT2D eigenvalue weighted by molar-refractivity contribution is 9.10. The number of ether oxygens (including phenoxy) is 1. The summed E-state index contributed by atoms with van der Waals surface area (Å²) in [6.07, 6.45) is 1.89. The fourth-order valence-electron chi connectivity index (χ4n) is 2.31. The van der Waals surface area contributed by atoms with Gasteiger partial charge in [0.25, 0.3) is 5.56 Å². The Morgan fingerprint density at radius 1 is 1.33 bits per heavy atom. The molecule has 27 heavy (non-hydrogen) atoms. The van der Waals surface area contributed by atoms with Crippen molar-refractivity contribution in [2.45, 2.75) is 19.5 Å². The van der Waals surface area contributed by atoms with E-state index in [-0.39, 0.29) is 23.5 Å². The number of aromatic nitrogens is 4. The summed E-state index contributed by atoms with van der Waals surface area (Å²) in [5.41, 5.74) is 7.64. The molecule has 2 N–H and O–H groups in total. The zero-order valence-corrected chi connectivity index (χ0v) is 16.7. The second-order valence-corrected chi connectivity index (χ2v) is 7.63. The number of carbonyl (C=O) groups is 1. The Hall–Kier alpha value is -2.43. The number of nitrogens with two attached hydrogens (primary N) is 1. The summed E-state index contributed by atoms with van der Waals surface area (Å²) in [4.78, 5) is 26.7. The summed E-state index contributed by atoms with van der Waals surface area (Å²) in [6.45, 7) is 1.98. The number of hydrogen-bond acceptors (Lipinski definition) is 8. The Labute approximate surface area is 167 Å². The van der Waals surface area contributed by atoms with Crippen molar-refractivity contribution in [1.29, 1.82) is 0 Å². The third-order valence-electron chi connectivity index (χ3n) is 3.73. The lowest BCUT2D eigenvalue weighted by molar-refractivity contribution is -0.108. The van der Waals surface area contributed by atoms with Gasteiger partial charge in [-0.2, -0.15) is 0 Å². The molecule has 0 saturated heterocycles. The van der Waals surface area contributed by atoms with Gasteiger partial charge in [0.1, 0.15) is 33.7 Å². The maximum Gasteiger partial charge on any atom is 0.271 e. The third kappa shape index (κ3) is 4.46. The number of rotatable bonds is 7. The Morgan fingerprint density at radius 2 is 2.07 bits per heavy atom. The Kier molecular flexibility index (Phi) is 6.09. The van der Waals surface area contributed by atoms with E-state index in [1.54, 1.807) is 0 Å². The molecule has 0 amide bonds. The molecule has 0 radical (unpaired) electrons. The lowest BCUT2D eigenvalue weighted by atomic mass is 10.1. The van der Waals surface area contributed by atoms with Crippen molar-refractivity contribution >= 4 is 33.6 Å². The largest absolute Gasteiger partial charge is 0.475 e. The van der Waals surface area contributed by atoms with Gasteiger partial charge >= 0.3 is 0 Å². The van der Waals surface area contributed by atoms with Crippen molar-refractivity contribution in [2.75, 3.05) is 6.61 Å². The molecule has 2 aromatic heterocycles. The minimum atomic E-state index is -0.402. The normalized spacial score (nSPS) is 12.0. The molecule has 0 fully saturated rings. The van der Waals surface area contributed by atoms with Gasteiger partial charge in [-0.25, -0.2) is 4.98 Å². The molecule has 0 aliphatic rings. The van der Waals surface area contributed by atoms with E-state index in [0.29, 0.717) is 6.29 Å². The summed E-state index contributed by atoms with van der Waals surface area (Å²) < 4.78 is 6.91. The van der Waals surface area contributed by atoms with Gasteiger partial charge in [-0.1, -0.05) is 35.6 Å². The van der Waals surface area contributed by atoms with Crippen LogP contribution in [0.2, 0.25) is 0 Å². The summed E-state index contributed by atoms with van der Waals surface area (Å²) in [5.74, 6) is 0.138. The first-order valence-corrected chi connectivity index (χ1v) is 9.58. The molecule has 1 atom stereocenters. The van der Waals surface area contributed by atoms with E-state index >= 15 is 0 Å². The van der Waals surface area contributed by atoms with Crippen LogP contribution in [0.1, 0.15) is 16.6 Å². The van der Waals surface area contributed by atoms with Crippen molar-refractivity contribution < 1.29 is 9.53 Å². The number of nitrogens with zero attached hydrogens (tertiary/aromatic N) is 4. The van der Waals surface area contributed by atoms with Gasteiger partial charge in [0.2, 0.25) is 5.88 Å². The summed E-state index contributed by atoms with van der Waals surface area (Å²) in [6, 6.07) is 7.28. The van der Waals surface area contributed by atoms with E-state index in [2.05, 4.69) is 31.1 Å². The Balaban J connectivity index is 1.67. The van der Waals surface area contributed by atoms with E-state index in [1.165, 1.54) is 22.2 Å². The number of halogens is 1. The van der Waals surface area contributed by atoms with Crippen molar-refractivity contribution in [3.8, 4) is 16.5 Å². The smallest absolute Gasteiger partial charge is 0.271 e. The van der Waals surface area contributed by atoms with E-state index < -0.39 is 11.6 Å². The van der Waals surface area contributed by atoms with Gasteiger partial charge in [-0.15, -0.1) is 10.2 Å². The first-order chi connectivity index (χ1) is 13.0. The number of benzene rings is 1. The topological polar surface area (TPSA) is 113 Å². The van der Waals surface area contributed by atoms with Crippen LogP contribution in [0.25, 0.3) is 10.6 Å². The average molecular weight is 450 g/mol. The first-order valence-electron chi connectivity index (χ1n) is 7.97. The maximum absolute atomic E-state index is 12.1. The molecular weight excluding hydrogens is 434 g/mol. The van der Waals surface area contributed by atoms with Gasteiger partial charge in [0.05, 0.1) is 12.6 Å². The fourth-order valence-corrected chi connectivity index (χ4v) is 3.45. The Morgan fingerprint density at radius 3 is 2.70 bits per heavy atom. The van der Waals surface area contributed by atoms with E-state index in [4.69, 9.17) is 10.5 Å². The van der Waals surface area contributed by atoms with Crippen LogP contribution in [0.5, 0.6) is 5.88 Å². The number of aryl methyl sites for hydroxylation is 1. The zero-order chi connectivity index (χ0) is 19.4. The molecule has 10 heteroatoms. The molecule has 1 aromatic carbocycles. The third-order valence-corrected chi connectivity index (χ3v) is 5.30. The van der Waals surface area contributed by atoms with Crippen LogP contribution in [0.3, 0.4) is 0 Å². The molecule has 140 valence electrons. The molecule has 0 spiro atoms. The SMILES string of the molecule is Cc1nnc(-c2ccc(C(N)COc3ncn(CC=O)c(=O)c3Br)cc2)s1. The van der Waals surface area contributed by atoms with Crippen LogP contribution in [0.4, 0.5) is 0 Å². The number of carbonyl (C=O) groups excluding carboxylic acids is 1. The van der Waals surface area contributed by atoms with Crippen molar-refractivity contribution in [3.63, 3.8) is 0 Å². The van der Waals surface area contributed by atoms with E-state index in [0.717, 1.165) is 21.1 Å². The molecule has 0 aliphatic carbocycles. The van der Waals surface area contributed by atoms with Crippen LogP contribution in [-0.2, 0) is 11.3 Å². The fraction of sp³-hybridized carbons (Fsp3) is 0.235. The van der Waals surface area contributed by atoms with Crippen LogP contribution in [0.15, 0.2) is 39.9 Å². The molecule has 3 aromatic rings. The number of hydrogen-bond donors (Lipinski definition) is 1.